The van der Waals surface area contributed by atoms with Gasteiger partial charge in [0.25, 0.3) is 0 Å². The van der Waals surface area contributed by atoms with Crippen molar-refractivity contribution in [1.29, 1.82) is 0 Å². The summed E-state index contributed by atoms with van der Waals surface area (Å²) in [6, 6.07) is 10.9. The van der Waals surface area contributed by atoms with Crippen LogP contribution in [0.3, 0.4) is 0 Å². The lowest BCUT2D eigenvalue weighted by Crippen LogP contribution is -2.15. The highest BCUT2D eigenvalue weighted by Crippen LogP contribution is 2.38. The van der Waals surface area contributed by atoms with E-state index in [1.54, 1.807) is 18.3 Å². The minimum Gasteiger partial charge on any atom is -0.340 e. The summed E-state index contributed by atoms with van der Waals surface area (Å²) in [5, 5.41) is 3.18. The van der Waals surface area contributed by atoms with Crippen molar-refractivity contribution in [2.24, 2.45) is 0 Å². The Morgan fingerprint density at radius 3 is 2.59 bits per heavy atom. The molecule has 4 heteroatoms. The third-order valence-electron chi connectivity index (χ3n) is 5.75. The molecule has 3 aromatic rings. The predicted molar refractivity (Wildman–Crippen MR) is 113 cm³/mol. The fourth-order valence-corrected chi connectivity index (χ4v) is 5.22. The van der Waals surface area contributed by atoms with Crippen molar-refractivity contribution in [1.82, 2.24) is 9.55 Å². The molecule has 27 heavy (non-hydrogen) atoms. The fourth-order valence-electron chi connectivity index (χ4n) is 4.31. The number of Topliss-reactive ketones (excluding diaryl/α,β-unsaturated/α-hetero) is 1. The number of hydrogen-bond donors (Lipinski definition) is 0. The van der Waals surface area contributed by atoms with E-state index in [1.807, 2.05) is 0 Å². The van der Waals surface area contributed by atoms with E-state index in [2.05, 4.69) is 54.1 Å². The summed E-state index contributed by atoms with van der Waals surface area (Å²) in [7, 11) is 0. The first-order valence-electron chi connectivity index (χ1n) is 9.81. The summed E-state index contributed by atoms with van der Waals surface area (Å²) in [5.74, 6) is 0.137. The molecule has 1 aliphatic rings. The smallest absolute Gasteiger partial charge is 0.161 e. The van der Waals surface area contributed by atoms with Crippen LogP contribution in [-0.4, -0.2) is 15.3 Å². The zero-order chi connectivity index (χ0) is 19.0. The normalized spacial score (nSPS) is 15.2. The van der Waals surface area contributed by atoms with Gasteiger partial charge in [-0.25, -0.2) is 4.98 Å². The number of carbonyl (C=O) groups excluding carboxylic acids is 1. The average molecular weight is 379 g/mol. The van der Waals surface area contributed by atoms with Gasteiger partial charge in [0, 0.05) is 28.2 Å². The highest BCUT2D eigenvalue weighted by molar-refractivity contribution is 7.13. The molecule has 1 aliphatic carbocycles. The molecule has 0 bridgehead atoms. The second-order valence-electron chi connectivity index (χ2n) is 7.60. The molecule has 0 aliphatic heterocycles. The van der Waals surface area contributed by atoms with Gasteiger partial charge in [-0.3, -0.25) is 4.79 Å². The summed E-state index contributed by atoms with van der Waals surface area (Å²) < 4.78 is 2.40. The Balaban J connectivity index is 1.80. The highest BCUT2D eigenvalue weighted by atomic mass is 32.1. The molecule has 3 nitrogen and oxygen atoms in total. The molecule has 0 atom stereocenters. The van der Waals surface area contributed by atoms with Crippen molar-refractivity contribution in [3.63, 3.8) is 0 Å². The number of carbonyl (C=O) groups is 1. The van der Waals surface area contributed by atoms with Crippen molar-refractivity contribution in [2.75, 3.05) is 0 Å². The molecule has 1 fully saturated rings. The van der Waals surface area contributed by atoms with Crippen LogP contribution >= 0.6 is 11.3 Å². The average Bonchev–Trinajstić information content (AvgIpc) is 3.27. The molecule has 0 spiro atoms. The standard InChI is InChI=1S/C23H26N2OS/c1-15-9-7-8-12-19(15)23-24-21(14-27-23)22-13-20(17(3)26)16(2)25(22)18-10-5-4-6-11-18/h7-9,12-14,18H,4-6,10-11H2,1-3H3. The summed E-state index contributed by atoms with van der Waals surface area (Å²) in [5.41, 5.74) is 6.44. The second kappa shape index (κ2) is 7.43. The molecule has 0 amide bonds. The minimum atomic E-state index is 0.137. The van der Waals surface area contributed by atoms with E-state index < -0.39 is 0 Å². The van der Waals surface area contributed by atoms with Gasteiger partial charge >= 0.3 is 0 Å². The van der Waals surface area contributed by atoms with Gasteiger partial charge in [-0.05, 0) is 45.2 Å². The summed E-state index contributed by atoms with van der Waals surface area (Å²) in [6.45, 7) is 5.87. The zero-order valence-corrected chi connectivity index (χ0v) is 17.1. The third kappa shape index (κ3) is 3.39. The Morgan fingerprint density at radius 2 is 1.89 bits per heavy atom. The number of nitrogens with zero attached hydrogens (tertiary/aromatic N) is 2. The molecule has 2 aromatic heterocycles. The SMILES string of the molecule is CC(=O)c1cc(-c2csc(-c3ccccc3C)n2)n(C2CCCCC2)c1C. The van der Waals surface area contributed by atoms with Gasteiger partial charge in [0.05, 0.1) is 11.4 Å². The van der Waals surface area contributed by atoms with Gasteiger partial charge in [-0.1, -0.05) is 43.5 Å². The van der Waals surface area contributed by atoms with Crippen molar-refractivity contribution >= 4 is 17.1 Å². The molecule has 140 valence electrons. The molecule has 1 saturated carbocycles. The first-order chi connectivity index (χ1) is 13.1. The molecule has 0 saturated heterocycles. The summed E-state index contributed by atoms with van der Waals surface area (Å²) in [6.07, 6.45) is 6.23. The van der Waals surface area contributed by atoms with Crippen LogP contribution in [-0.2, 0) is 0 Å². The first kappa shape index (κ1) is 18.2. The van der Waals surface area contributed by atoms with Crippen LogP contribution in [0.2, 0.25) is 0 Å². The molecule has 0 unspecified atom stereocenters. The number of aryl methyl sites for hydroxylation is 1. The monoisotopic (exact) mass is 378 g/mol. The van der Waals surface area contributed by atoms with Gasteiger partial charge < -0.3 is 4.57 Å². The summed E-state index contributed by atoms with van der Waals surface area (Å²) >= 11 is 1.68. The zero-order valence-electron chi connectivity index (χ0n) is 16.3. The number of rotatable bonds is 4. The number of benzene rings is 1. The van der Waals surface area contributed by atoms with E-state index in [-0.39, 0.29) is 5.78 Å². The largest absolute Gasteiger partial charge is 0.340 e. The van der Waals surface area contributed by atoms with E-state index in [0.29, 0.717) is 6.04 Å². The molecular weight excluding hydrogens is 352 g/mol. The van der Waals surface area contributed by atoms with Gasteiger partial charge in [0.2, 0.25) is 0 Å². The number of hydrogen-bond acceptors (Lipinski definition) is 3. The lowest BCUT2D eigenvalue weighted by molar-refractivity contribution is 0.101. The molecule has 0 N–H and O–H groups in total. The van der Waals surface area contributed by atoms with E-state index in [1.165, 1.54) is 43.2 Å². The highest BCUT2D eigenvalue weighted by Gasteiger charge is 2.25. The Kier molecular flexibility index (Phi) is 5.00. The maximum atomic E-state index is 12.2. The Hall–Kier alpha value is -2.20. The van der Waals surface area contributed by atoms with Crippen LogP contribution < -0.4 is 0 Å². The van der Waals surface area contributed by atoms with Crippen molar-refractivity contribution < 1.29 is 4.79 Å². The maximum Gasteiger partial charge on any atom is 0.161 e. The first-order valence-corrected chi connectivity index (χ1v) is 10.7. The van der Waals surface area contributed by atoms with Crippen molar-refractivity contribution in [3.8, 4) is 22.0 Å². The topological polar surface area (TPSA) is 34.9 Å². The molecule has 0 radical (unpaired) electrons. The van der Waals surface area contributed by atoms with Crippen LogP contribution in [0.4, 0.5) is 0 Å². The Labute approximate surface area is 165 Å². The molecule has 2 heterocycles. The Morgan fingerprint density at radius 1 is 1.15 bits per heavy atom. The number of aromatic nitrogens is 2. The van der Waals surface area contributed by atoms with E-state index in [4.69, 9.17) is 4.98 Å². The quantitative estimate of drug-likeness (QED) is 0.479. The van der Waals surface area contributed by atoms with Gasteiger partial charge in [-0.15, -0.1) is 11.3 Å². The number of ketones is 1. The third-order valence-corrected chi connectivity index (χ3v) is 6.63. The van der Waals surface area contributed by atoms with Crippen LogP contribution in [0.25, 0.3) is 22.0 Å². The molecule has 1 aromatic carbocycles. The lowest BCUT2D eigenvalue weighted by atomic mass is 9.95. The van der Waals surface area contributed by atoms with Gasteiger partial charge in [-0.2, -0.15) is 0 Å². The molecular formula is C23H26N2OS. The van der Waals surface area contributed by atoms with Crippen LogP contribution in [0, 0.1) is 13.8 Å². The van der Waals surface area contributed by atoms with E-state index >= 15 is 0 Å². The van der Waals surface area contributed by atoms with Crippen LogP contribution in [0.15, 0.2) is 35.7 Å². The van der Waals surface area contributed by atoms with E-state index in [9.17, 15) is 4.79 Å². The maximum absolute atomic E-state index is 12.2. The minimum absolute atomic E-state index is 0.137. The van der Waals surface area contributed by atoms with Crippen molar-refractivity contribution in [2.45, 2.75) is 58.9 Å². The van der Waals surface area contributed by atoms with Crippen LogP contribution in [0.1, 0.15) is 66.7 Å². The number of thiazole rings is 1. The molecule has 4 rings (SSSR count). The Bertz CT molecular complexity index is 976. The summed E-state index contributed by atoms with van der Waals surface area (Å²) in [4.78, 5) is 17.2. The van der Waals surface area contributed by atoms with Gasteiger partial charge in [0.1, 0.15) is 5.01 Å². The second-order valence-corrected chi connectivity index (χ2v) is 8.46. The fraction of sp³-hybridized carbons (Fsp3) is 0.391. The predicted octanol–water partition coefficient (Wildman–Crippen LogP) is 6.60. The van der Waals surface area contributed by atoms with Gasteiger partial charge in [0.15, 0.2) is 5.78 Å². The lowest BCUT2D eigenvalue weighted by Gasteiger charge is -2.26. The van der Waals surface area contributed by atoms with Crippen LogP contribution in [0.5, 0.6) is 0 Å². The van der Waals surface area contributed by atoms with E-state index in [0.717, 1.165) is 27.7 Å². The van der Waals surface area contributed by atoms with Crippen molar-refractivity contribution in [3.05, 3.63) is 52.5 Å².